The number of alkyl halides is 3. The molecular formula is C14H9ClF3NO2. The highest BCUT2D eigenvalue weighted by molar-refractivity contribution is 6.31. The first kappa shape index (κ1) is 15.2. The number of rotatable bonds is 3. The molecule has 0 radical (unpaired) electrons. The first-order chi connectivity index (χ1) is 9.79. The summed E-state index contributed by atoms with van der Waals surface area (Å²) in [5, 5.41) is 11.3. The van der Waals surface area contributed by atoms with Crippen molar-refractivity contribution in [1.82, 2.24) is 0 Å². The van der Waals surface area contributed by atoms with Crippen LogP contribution in [0, 0.1) is 0 Å². The van der Waals surface area contributed by atoms with E-state index in [9.17, 15) is 18.0 Å². The molecule has 0 fully saturated rings. The van der Waals surface area contributed by atoms with Gasteiger partial charge in [-0.05, 0) is 30.3 Å². The van der Waals surface area contributed by atoms with E-state index in [4.69, 9.17) is 16.7 Å². The van der Waals surface area contributed by atoms with Crippen LogP contribution in [0.5, 0.6) is 0 Å². The fourth-order valence-corrected chi connectivity index (χ4v) is 1.98. The van der Waals surface area contributed by atoms with Crippen molar-refractivity contribution in [1.29, 1.82) is 0 Å². The summed E-state index contributed by atoms with van der Waals surface area (Å²) >= 11 is 5.52. The molecule has 0 saturated carbocycles. The Bertz CT molecular complexity index is 686. The van der Waals surface area contributed by atoms with Crippen LogP contribution in [0.2, 0.25) is 5.02 Å². The van der Waals surface area contributed by atoms with Gasteiger partial charge < -0.3 is 10.4 Å². The summed E-state index contributed by atoms with van der Waals surface area (Å²) in [4.78, 5) is 11.1. The predicted octanol–water partition coefficient (Wildman–Crippen LogP) is 4.80. The molecule has 0 aliphatic heterocycles. The predicted molar refractivity (Wildman–Crippen MR) is 73.1 cm³/mol. The number of carbonyl (C=O) groups is 1. The lowest BCUT2D eigenvalue weighted by molar-refractivity contribution is -0.137. The van der Waals surface area contributed by atoms with Gasteiger partial charge in [-0.1, -0.05) is 23.7 Å². The van der Waals surface area contributed by atoms with E-state index < -0.39 is 22.7 Å². The van der Waals surface area contributed by atoms with Crippen LogP contribution in [-0.4, -0.2) is 11.1 Å². The van der Waals surface area contributed by atoms with Gasteiger partial charge in [-0.15, -0.1) is 0 Å². The summed E-state index contributed by atoms with van der Waals surface area (Å²) < 4.78 is 38.3. The summed E-state index contributed by atoms with van der Waals surface area (Å²) in [6.07, 6.45) is -4.58. The minimum Gasteiger partial charge on any atom is -0.478 e. The molecule has 0 heterocycles. The minimum absolute atomic E-state index is 0.0407. The lowest BCUT2D eigenvalue weighted by atomic mass is 10.1. The average molecular weight is 316 g/mol. The maximum absolute atomic E-state index is 12.8. The Balaban J connectivity index is 2.40. The Morgan fingerprint density at radius 2 is 1.81 bits per heavy atom. The lowest BCUT2D eigenvalue weighted by Crippen LogP contribution is -2.07. The SMILES string of the molecule is O=C(O)c1ccccc1Nc1ccc(Cl)c(C(F)(F)F)c1. The first-order valence-corrected chi connectivity index (χ1v) is 6.13. The molecule has 21 heavy (non-hydrogen) atoms. The molecule has 110 valence electrons. The van der Waals surface area contributed by atoms with Crippen LogP contribution in [0.3, 0.4) is 0 Å². The third-order valence-electron chi connectivity index (χ3n) is 2.71. The Morgan fingerprint density at radius 3 is 2.43 bits per heavy atom. The Hall–Kier alpha value is -2.21. The first-order valence-electron chi connectivity index (χ1n) is 5.75. The Kier molecular flexibility index (Phi) is 4.09. The molecule has 0 atom stereocenters. The van der Waals surface area contributed by atoms with Crippen LogP contribution in [-0.2, 0) is 6.18 Å². The smallest absolute Gasteiger partial charge is 0.417 e. The summed E-state index contributed by atoms with van der Waals surface area (Å²) in [6, 6.07) is 9.21. The van der Waals surface area contributed by atoms with Crippen LogP contribution in [0.15, 0.2) is 42.5 Å². The average Bonchev–Trinajstić information content (AvgIpc) is 2.40. The van der Waals surface area contributed by atoms with Crippen molar-refractivity contribution >= 4 is 28.9 Å². The van der Waals surface area contributed by atoms with Gasteiger partial charge in [0, 0.05) is 5.69 Å². The highest BCUT2D eigenvalue weighted by Gasteiger charge is 2.33. The number of carboxylic acid groups (broad SMARTS) is 1. The zero-order valence-corrected chi connectivity index (χ0v) is 11.2. The summed E-state index contributed by atoms with van der Waals surface area (Å²) in [5.74, 6) is -1.18. The molecule has 0 aliphatic carbocycles. The Labute approximate surface area is 123 Å². The van der Waals surface area contributed by atoms with Crippen molar-refractivity contribution in [2.24, 2.45) is 0 Å². The van der Waals surface area contributed by atoms with Crippen LogP contribution in [0.1, 0.15) is 15.9 Å². The van der Waals surface area contributed by atoms with Crippen molar-refractivity contribution in [2.75, 3.05) is 5.32 Å². The summed E-state index contributed by atoms with van der Waals surface area (Å²) in [7, 11) is 0. The molecule has 2 N–H and O–H groups in total. The number of hydrogen-bond acceptors (Lipinski definition) is 2. The van der Waals surface area contributed by atoms with Gasteiger partial charge in [0.25, 0.3) is 0 Å². The van der Waals surface area contributed by atoms with Crippen LogP contribution in [0.4, 0.5) is 24.5 Å². The van der Waals surface area contributed by atoms with Crippen molar-refractivity contribution in [3.05, 3.63) is 58.6 Å². The number of aromatic carboxylic acids is 1. The molecule has 7 heteroatoms. The molecule has 2 aromatic rings. The van der Waals surface area contributed by atoms with Gasteiger partial charge in [0.1, 0.15) is 0 Å². The second-order valence-electron chi connectivity index (χ2n) is 4.17. The molecule has 0 amide bonds. The number of anilines is 2. The maximum Gasteiger partial charge on any atom is 0.417 e. The molecule has 0 bridgehead atoms. The van der Waals surface area contributed by atoms with Gasteiger partial charge in [0.15, 0.2) is 0 Å². The van der Waals surface area contributed by atoms with Gasteiger partial charge in [0.05, 0.1) is 21.8 Å². The van der Waals surface area contributed by atoms with E-state index in [1.165, 1.54) is 24.3 Å². The van der Waals surface area contributed by atoms with Crippen LogP contribution < -0.4 is 5.32 Å². The van der Waals surface area contributed by atoms with E-state index in [0.717, 1.165) is 12.1 Å². The van der Waals surface area contributed by atoms with Gasteiger partial charge in [-0.2, -0.15) is 13.2 Å². The molecule has 0 aromatic heterocycles. The number of para-hydroxylation sites is 1. The molecule has 0 saturated heterocycles. The minimum atomic E-state index is -4.58. The highest BCUT2D eigenvalue weighted by Crippen LogP contribution is 2.36. The van der Waals surface area contributed by atoms with E-state index in [0.29, 0.717) is 0 Å². The molecular weight excluding hydrogens is 307 g/mol. The van der Waals surface area contributed by atoms with Crippen LogP contribution in [0.25, 0.3) is 0 Å². The number of carboxylic acids is 1. The van der Waals surface area contributed by atoms with Gasteiger partial charge >= 0.3 is 12.1 Å². The van der Waals surface area contributed by atoms with E-state index >= 15 is 0 Å². The van der Waals surface area contributed by atoms with E-state index in [2.05, 4.69) is 5.32 Å². The normalized spacial score (nSPS) is 11.2. The second kappa shape index (κ2) is 5.65. The van der Waals surface area contributed by atoms with Crippen LogP contribution >= 0.6 is 11.6 Å². The molecule has 0 aliphatic rings. The number of nitrogens with one attached hydrogen (secondary N) is 1. The summed E-state index contributed by atoms with van der Waals surface area (Å²) in [5.41, 5.74) is -0.733. The van der Waals surface area contributed by atoms with E-state index in [1.807, 2.05) is 0 Å². The van der Waals surface area contributed by atoms with Gasteiger partial charge in [-0.25, -0.2) is 4.79 Å². The largest absolute Gasteiger partial charge is 0.478 e. The third kappa shape index (κ3) is 3.46. The van der Waals surface area contributed by atoms with Gasteiger partial charge in [-0.3, -0.25) is 0 Å². The second-order valence-corrected chi connectivity index (χ2v) is 4.58. The van der Waals surface area contributed by atoms with Crippen molar-refractivity contribution in [3.8, 4) is 0 Å². The standard InChI is InChI=1S/C14H9ClF3NO2/c15-11-6-5-8(7-10(11)14(16,17)18)19-12-4-2-1-3-9(12)13(20)21/h1-7,19H,(H,20,21). The monoisotopic (exact) mass is 315 g/mol. The molecule has 2 aromatic carbocycles. The number of halogens is 4. The van der Waals surface area contributed by atoms with Gasteiger partial charge in [0.2, 0.25) is 0 Å². The highest BCUT2D eigenvalue weighted by atomic mass is 35.5. The fraction of sp³-hybridized carbons (Fsp3) is 0.0714. The van der Waals surface area contributed by atoms with E-state index in [1.54, 1.807) is 6.07 Å². The number of benzene rings is 2. The molecule has 0 spiro atoms. The summed E-state index contributed by atoms with van der Waals surface area (Å²) in [6.45, 7) is 0. The fourth-order valence-electron chi connectivity index (χ4n) is 1.75. The topological polar surface area (TPSA) is 49.3 Å². The van der Waals surface area contributed by atoms with Crippen molar-refractivity contribution in [3.63, 3.8) is 0 Å². The zero-order chi connectivity index (χ0) is 15.6. The molecule has 3 nitrogen and oxygen atoms in total. The lowest BCUT2D eigenvalue weighted by Gasteiger charge is -2.13. The maximum atomic E-state index is 12.8. The number of hydrogen-bond donors (Lipinski definition) is 2. The molecule has 0 unspecified atom stereocenters. The van der Waals surface area contributed by atoms with E-state index in [-0.39, 0.29) is 16.9 Å². The van der Waals surface area contributed by atoms with Crippen molar-refractivity contribution < 1.29 is 23.1 Å². The zero-order valence-electron chi connectivity index (χ0n) is 10.4. The molecule has 2 rings (SSSR count). The quantitative estimate of drug-likeness (QED) is 0.855. The third-order valence-corrected chi connectivity index (χ3v) is 3.04. The van der Waals surface area contributed by atoms with Crippen molar-refractivity contribution in [2.45, 2.75) is 6.18 Å². The Morgan fingerprint density at radius 1 is 1.14 bits per heavy atom.